The summed E-state index contributed by atoms with van der Waals surface area (Å²) in [6.45, 7) is 6.06. The van der Waals surface area contributed by atoms with Gasteiger partial charge in [0, 0.05) is 24.2 Å². The quantitative estimate of drug-likeness (QED) is 0.612. The Hall–Kier alpha value is -3.31. The van der Waals surface area contributed by atoms with Gasteiger partial charge in [-0.1, -0.05) is 43.0 Å². The van der Waals surface area contributed by atoms with E-state index >= 15 is 0 Å². The first-order valence-electron chi connectivity index (χ1n) is 8.54. The molecule has 0 unspecified atom stereocenters. The van der Waals surface area contributed by atoms with Gasteiger partial charge in [-0.2, -0.15) is 0 Å². The molecule has 0 fully saturated rings. The van der Waals surface area contributed by atoms with Crippen molar-refractivity contribution in [3.8, 4) is 0 Å². The van der Waals surface area contributed by atoms with E-state index < -0.39 is 0 Å². The van der Waals surface area contributed by atoms with Gasteiger partial charge in [0.25, 0.3) is 0 Å². The van der Waals surface area contributed by atoms with E-state index in [0.29, 0.717) is 23.7 Å². The molecule has 0 atom stereocenters. The number of hydrogen-bond donors (Lipinski definition) is 3. The average molecular weight is 363 g/mol. The largest absolute Gasteiger partial charge is 0.402 e. The van der Waals surface area contributed by atoms with Crippen molar-refractivity contribution >= 4 is 23.0 Å². The molecule has 0 bridgehead atoms. The Morgan fingerprint density at radius 1 is 1.15 bits per heavy atom. The van der Waals surface area contributed by atoms with Crippen molar-refractivity contribution in [3.05, 3.63) is 90.2 Å². The van der Waals surface area contributed by atoms with E-state index in [-0.39, 0.29) is 6.03 Å². The number of ether oxygens (including phenoxy) is 1. The minimum Gasteiger partial charge on any atom is -0.402 e. The topological polar surface area (TPSA) is 76.4 Å². The van der Waals surface area contributed by atoms with Gasteiger partial charge in [0.2, 0.25) is 0 Å². The molecule has 0 aliphatic carbocycles. The fraction of sp³-hybridized carbons (Fsp3) is 0.136. The summed E-state index contributed by atoms with van der Waals surface area (Å²) in [6.07, 6.45) is 5.48. The van der Waals surface area contributed by atoms with Crippen LogP contribution in [-0.2, 0) is 11.3 Å². The number of carbonyl (C=O) groups is 1. The zero-order chi connectivity index (χ0) is 19.6. The monoisotopic (exact) mass is 363 g/mol. The molecule has 0 aliphatic rings. The lowest BCUT2D eigenvalue weighted by molar-refractivity contribution is 0.185. The predicted octanol–water partition coefficient (Wildman–Crippen LogP) is 4.91. The Bertz CT molecular complexity index is 848. The standard InChI is InChI=1S/C22H25N3O2/c1-4-6-19(13-16(2)23)18-9-11-20(12-10-18)24-22(26)25-21-8-5-7-17(14-21)15-27-3/h4-14H,1,15,23H2,2-3H3,(H2,24,25,26)/b16-13-,19-6+. The van der Waals surface area contributed by atoms with Crippen LogP contribution in [-0.4, -0.2) is 13.1 Å². The van der Waals surface area contributed by atoms with Gasteiger partial charge < -0.3 is 21.1 Å². The molecule has 2 rings (SSSR count). The summed E-state index contributed by atoms with van der Waals surface area (Å²) in [6, 6.07) is 14.7. The van der Waals surface area contributed by atoms with E-state index in [2.05, 4.69) is 17.2 Å². The zero-order valence-corrected chi connectivity index (χ0v) is 15.7. The van der Waals surface area contributed by atoms with Gasteiger partial charge in [0.1, 0.15) is 0 Å². The Morgan fingerprint density at radius 3 is 2.48 bits per heavy atom. The lowest BCUT2D eigenvalue weighted by Crippen LogP contribution is -2.19. The van der Waals surface area contributed by atoms with Gasteiger partial charge in [-0.25, -0.2) is 4.79 Å². The van der Waals surface area contributed by atoms with Crippen molar-refractivity contribution in [2.24, 2.45) is 5.73 Å². The minimum atomic E-state index is -0.308. The molecule has 0 saturated heterocycles. The van der Waals surface area contributed by atoms with Crippen molar-refractivity contribution < 1.29 is 9.53 Å². The lowest BCUT2D eigenvalue weighted by Gasteiger charge is -2.10. The van der Waals surface area contributed by atoms with Gasteiger partial charge in [0.05, 0.1) is 6.61 Å². The molecule has 2 aromatic carbocycles. The average Bonchev–Trinajstić information content (AvgIpc) is 2.62. The van der Waals surface area contributed by atoms with Crippen LogP contribution in [0.4, 0.5) is 16.2 Å². The number of allylic oxidation sites excluding steroid dienone is 5. The van der Waals surface area contributed by atoms with Crippen molar-refractivity contribution in [3.63, 3.8) is 0 Å². The molecule has 27 heavy (non-hydrogen) atoms. The fourth-order valence-electron chi connectivity index (χ4n) is 2.54. The smallest absolute Gasteiger partial charge is 0.323 e. The van der Waals surface area contributed by atoms with E-state index in [1.165, 1.54) is 0 Å². The number of nitrogens with two attached hydrogens (primary N) is 1. The molecule has 5 nitrogen and oxygen atoms in total. The molecular weight excluding hydrogens is 338 g/mol. The maximum Gasteiger partial charge on any atom is 0.323 e. The summed E-state index contributed by atoms with van der Waals surface area (Å²) in [5.74, 6) is 0. The zero-order valence-electron chi connectivity index (χ0n) is 15.7. The summed E-state index contributed by atoms with van der Waals surface area (Å²) >= 11 is 0. The van der Waals surface area contributed by atoms with Crippen LogP contribution in [0.2, 0.25) is 0 Å². The van der Waals surface area contributed by atoms with Crippen LogP contribution in [0.25, 0.3) is 5.57 Å². The first-order valence-corrected chi connectivity index (χ1v) is 8.54. The van der Waals surface area contributed by atoms with E-state index in [1.54, 1.807) is 13.2 Å². The molecule has 0 heterocycles. The number of rotatable bonds is 7. The number of hydrogen-bond acceptors (Lipinski definition) is 3. The molecule has 4 N–H and O–H groups in total. The van der Waals surface area contributed by atoms with Crippen molar-refractivity contribution in [1.82, 2.24) is 0 Å². The van der Waals surface area contributed by atoms with E-state index in [0.717, 1.165) is 16.7 Å². The van der Waals surface area contributed by atoms with Crippen molar-refractivity contribution in [1.29, 1.82) is 0 Å². The molecule has 5 heteroatoms. The molecular formula is C22H25N3O2. The van der Waals surface area contributed by atoms with Crippen LogP contribution in [0.15, 0.2) is 79.0 Å². The second-order valence-corrected chi connectivity index (χ2v) is 6.04. The van der Waals surface area contributed by atoms with Crippen LogP contribution in [0, 0.1) is 0 Å². The molecule has 2 aromatic rings. The normalized spacial score (nSPS) is 11.8. The van der Waals surface area contributed by atoms with Crippen LogP contribution in [0.5, 0.6) is 0 Å². The maximum absolute atomic E-state index is 12.2. The summed E-state index contributed by atoms with van der Waals surface area (Å²) in [5.41, 5.74) is 10.8. The highest BCUT2D eigenvalue weighted by Crippen LogP contribution is 2.20. The molecule has 0 spiro atoms. The SMILES string of the molecule is C=C/C=C(\C=C(\C)N)c1ccc(NC(=O)Nc2cccc(COC)c2)cc1. The first-order chi connectivity index (χ1) is 13.0. The minimum absolute atomic E-state index is 0.308. The summed E-state index contributed by atoms with van der Waals surface area (Å²) in [5, 5.41) is 5.64. The predicted molar refractivity (Wildman–Crippen MR) is 112 cm³/mol. The second kappa shape index (κ2) is 9.99. The van der Waals surface area contributed by atoms with Crippen molar-refractivity contribution in [2.75, 3.05) is 17.7 Å². The molecule has 140 valence electrons. The molecule has 0 radical (unpaired) electrons. The number of benzene rings is 2. The Balaban J connectivity index is 2.04. The molecule has 0 saturated carbocycles. The summed E-state index contributed by atoms with van der Waals surface area (Å²) in [4.78, 5) is 12.2. The Labute approximate surface area is 160 Å². The van der Waals surface area contributed by atoms with Gasteiger partial charge in [-0.15, -0.1) is 0 Å². The Kier molecular flexibility index (Phi) is 7.40. The van der Waals surface area contributed by atoms with Crippen LogP contribution < -0.4 is 16.4 Å². The second-order valence-electron chi connectivity index (χ2n) is 6.04. The highest BCUT2D eigenvalue weighted by atomic mass is 16.5. The fourth-order valence-corrected chi connectivity index (χ4v) is 2.54. The van der Waals surface area contributed by atoms with Gasteiger partial charge in [-0.05, 0) is 54.0 Å². The lowest BCUT2D eigenvalue weighted by atomic mass is 10.0. The number of carbonyl (C=O) groups excluding carboxylic acids is 1. The van der Waals surface area contributed by atoms with Crippen LogP contribution >= 0.6 is 0 Å². The summed E-state index contributed by atoms with van der Waals surface area (Å²) in [7, 11) is 1.64. The number of nitrogens with one attached hydrogen (secondary N) is 2. The third-order valence-corrected chi connectivity index (χ3v) is 3.65. The number of anilines is 2. The number of methoxy groups -OCH3 is 1. The third kappa shape index (κ3) is 6.49. The highest BCUT2D eigenvalue weighted by Gasteiger charge is 2.05. The van der Waals surface area contributed by atoms with E-state index in [9.17, 15) is 4.79 Å². The van der Waals surface area contributed by atoms with Gasteiger partial charge in [0.15, 0.2) is 0 Å². The molecule has 0 aromatic heterocycles. The van der Waals surface area contributed by atoms with E-state index in [1.807, 2.05) is 67.6 Å². The first kappa shape index (κ1) is 20.0. The van der Waals surface area contributed by atoms with Crippen LogP contribution in [0.3, 0.4) is 0 Å². The maximum atomic E-state index is 12.2. The van der Waals surface area contributed by atoms with E-state index in [4.69, 9.17) is 10.5 Å². The van der Waals surface area contributed by atoms with Gasteiger partial charge in [-0.3, -0.25) is 0 Å². The van der Waals surface area contributed by atoms with Crippen molar-refractivity contribution in [2.45, 2.75) is 13.5 Å². The number of urea groups is 1. The third-order valence-electron chi connectivity index (χ3n) is 3.65. The number of amides is 2. The van der Waals surface area contributed by atoms with Crippen LogP contribution in [0.1, 0.15) is 18.1 Å². The molecule has 2 amide bonds. The van der Waals surface area contributed by atoms with Gasteiger partial charge >= 0.3 is 6.03 Å². The summed E-state index contributed by atoms with van der Waals surface area (Å²) < 4.78 is 5.10. The molecule has 0 aliphatic heterocycles. The highest BCUT2D eigenvalue weighted by molar-refractivity contribution is 5.99. The Morgan fingerprint density at radius 2 is 1.85 bits per heavy atom.